The monoisotopic (exact) mass is 437 g/mol. The first-order valence-corrected chi connectivity index (χ1v) is 9.63. The standard InChI is InChI=1S/C17H18F3NO7S/c1-5-26-14(22)12-9-21(15(23)27-16(2,3)4)13-8-10(6-7-11(12)13)28-29(24,25)17(18,19)20/h6-9H,5H2,1-4H3. The molecule has 2 rings (SSSR count). The van der Waals surface area contributed by atoms with Crippen LogP contribution in [0.4, 0.5) is 18.0 Å². The summed E-state index contributed by atoms with van der Waals surface area (Å²) in [6, 6.07) is 2.95. The Labute approximate surface area is 164 Å². The summed E-state index contributed by atoms with van der Waals surface area (Å²) >= 11 is 0. The van der Waals surface area contributed by atoms with Gasteiger partial charge >= 0.3 is 27.7 Å². The molecule has 0 fully saturated rings. The van der Waals surface area contributed by atoms with Gasteiger partial charge in [-0.3, -0.25) is 4.57 Å². The highest BCUT2D eigenvalue weighted by Crippen LogP contribution is 2.31. The summed E-state index contributed by atoms with van der Waals surface area (Å²) in [7, 11) is -5.92. The fourth-order valence-corrected chi connectivity index (χ4v) is 2.72. The van der Waals surface area contributed by atoms with E-state index in [4.69, 9.17) is 9.47 Å². The average molecular weight is 437 g/mol. The van der Waals surface area contributed by atoms with Gasteiger partial charge in [-0.15, -0.1) is 0 Å². The maximum absolute atomic E-state index is 12.6. The van der Waals surface area contributed by atoms with E-state index in [1.165, 1.54) is 0 Å². The van der Waals surface area contributed by atoms with E-state index in [2.05, 4.69) is 4.18 Å². The quantitative estimate of drug-likeness (QED) is 0.407. The molecular formula is C17H18F3NO7S. The van der Waals surface area contributed by atoms with Crippen molar-refractivity contribution in [1.29, 1.82) is 0 Å². The Hall–Kier alpha value is -2.76. The smallest absolute Gasteiger partial charge is 0.462 e. The van der Waals surface area contributed by atoms with Crippen molar-refractivity contribution in [2.24, 2.45) is 0 Å². The van der Waals surface area contributed by atoms with Crippen LogP contribution in [0.25, 0.3) is 10.9 Å². The van der Waals surface area contributed by atoms with Crippen LogP contribution in [0.5, 0.6) is 5.75 Å². The lowest BCUT2D eigenvalue weighted by molar-refractivity contribution is -0.0500. The number of esters is 1. The van der Waals surface area contributed by atoms with Gasteiger partial charge in [0.25, 0.3) is 0 Å². The average Bonchev–Trinajstić information content (AvgIpc) is 2.91. The van der Waals surface area contributed by atoms with Crippen molar-refractivity contribution in [2.75, 3.05) is 6.61 Å². The zero-order valence-electron chi connectivity index (χ0n) is 15.9. The number of hydrogen-bond donors (Lipinski definition) is 0. The molecule has 0 N–H and O–H groups in total. The minimum atomic E-state index is -5.92. The van der Waals surface area contributed by atoms with E-state index < -0.39 is 39.0 Å². The molecule has 1 aromatic heterocycles. The van der Waals surface area contributed by atoms with Crippen LogP contribution in [0.15, 0.2) is 24.4 Å². The number of carbonyl (C=O) groups excluding carboxylic acids is 2. The molecule has 0 unspecified atom stereocenters. The highest BCUT2D eigenvalue weighted by molar-refractivity contribution is 7.88. The summed E-state index contributed by atoms with van der Waals surface area (Å²) in [6.45, 7) is 6.38. The van der Waals surface area contributed by atoms with Gasteiger partial charge in [0.15, 0.2) is 0 Å². The largest absolute Gasteiger partial charge is 0.534 e. The highest BCUT2D eigenvalue weighted by Gasteiger charge is 2.48. The molecule has 0 amide bonds. The zero-order chi connectivity index (χ0) is 22.2. The van der Waals surface area contributed by atoms with Gasteiger partial charge in [0.05, 0.1) is 17.7 Å². The first-order chi connectivity index (χ1) is 13.2. The second-order valence-corrected chi connectivity index (χ2v) is 8.31. The molecule has 0 radical (unpaired) electrons. The summed E-state index contributed by atoms with van der Waals surface area (Å²) in [5.74, 6) is -1.48. The first kappa shape index (κ1) is 22.5. The maximum atomic E-state index is 12.6. The molecule has 0 aliphatic heterocycles. The van der Waals surface area contributed by atoms with Crippen molar-refractivity contribution in [2.45, 2.75) is 38.8 Å². The normalized spacial score (nSPS) is 12.7. The number of alkyl halides is 3. The van der Waals surface area contributed by atoms with Crippen LogP contribution < -0.4 is 4.18 Å². The van der Waals surface area contributed by atoms with Crippen molar-refractivity contribution in [3.05, 3.63) is 30.0 Å². The van der Waals surface area contributed by atoms with Crippen LogP contribution in [-0.2, 0) is 19.6 Å². The summed E-state index contributed by atoms with van der Waals surface area (Å²) in [5, 5.41) is 0.131. The third kappa shape index (κ3) is 5.00. The number of hydrogen-bond acceptors (Lipinski definition) is 7. The molecule has 0 bridgehead atoms. The molecule has 12 heteroatoms. The maximum Gasteiger partial charge on any atom is 0.534 e. The van der Waals surface area contributed by atoms with Gasteiger partial charge in [0.1, 0.15) is 11.4 Å². The molecule has 0 saturated heterocycles. The molecule has 0 aliphatic rings. The molecule has 8 nitrogen and oxygen atoms in total. The van der Waals surface area contributed by atoms with Crippen LogP contribution in [0.1, 0.15) is 38.1 Å². The van der Waals surface area contributed by atoms with Gasteiger partial charge in [-0.05, 0) is 39.8 Å². The second kappa shape index (κ2) is 7.58. The van der Waals surface area contributed by atoms with Crippen molar-refractivity contribution in [3.8, 4) is 5.75 Å². The van der Waals surface area contributed by atoms with E-state index in [-0.39, 0.29) is 23.1 Å². The number of ether oxygens (including phenoxy) is 2. The number of carbonyl (C=O) groups is 2. The topological polar surface area (TPSA) is 101 Å². The van der Waals surface area contributed by atoms with Crippen LogP contribution >= 0.6 is 0 Å². The number of aromatic nitrogens is 1. The van der Waals surface area contributed by atoms with E-state index in [9.17, 15) is 31.2 Å². The summed E-state index contributed by atoms with van der Waals surface area (Å²) in [6.07, 6.45) is 0.160. The Kier molecular flexibility index (Phi) is 5.89. The van der Waals surface area contributed by atoms with E-state index in [1.807, 2.05) is 0 Å². The van der Waals surface area contributed by atoms with E-state index in [0.29, 0.717) is 0 Å². The Morgan fingerprint density at radius 1 is 1.14 bits per heavy atom. The van der Waals surface area contributed by atoms with Gasteiger partial charge in [-0.1, -0.05) is 0 Å². The van der Waals surface area contributed by atoms with Crippen LogP contribution in [0.3, 0.4) is 0 Å². The lowest BCUT2D eigenvalue weighted by Crippen LogP contribution is -2.28. The molecule has 0 aliphatic carbocycles. The van der Waals surface area contributed by atoms with Crippen molar-refractivity contribution >= 4 is 33.1 Å². The van der Waals surface area contributed by atoms with Gasteiger partial charge in [0.2, 0.25) is 0 Å². The van der Waals surface area contributed by atoms with E-state index in [0.717, 1.165) is 29.0 Å². The van der Waals surface area contributed by atoms with Crippen LogP contribution in [0.2, 0.25) is 0 Å². The summed E-state index contributed by atoms with van der Waals surface area (Å²) in [5.41, 5.74) is -6.70. The predicted octanol–water partition coefficient (Wildman–Crippen LogP) is 3.83. The molecule has 0 spiro atoms. The van der Waals surface area contributed by atoms with Gasteiger partial charge in [-0.25, -0.2) is 9.59 Å². The fraction of sp³-hybridized carbons (Fsp3) is 0.412. The van der Waals surface area contributed by atoms with E-state index in [1.54, 1.807) is 27.7 Å². The van der Waals surface area contributed by atoms with Gasteiger partial charge in [0, 0.05) is 17.6 Å². The third-order valence-corrected chi connectivity index (χ3v) is 4.33. The number of fused-ring (bicyclic) bond motifs is 1. The second-order valence-electron chi connectivity index (χ2n) is 6.78. The Bertz CT molecular complexity index is 1050. The first-order valence-electron chi connectivity index (χ1n) is 8.22. The van der Waals surface area contributed by atoms with Crippen molar-refractivity contribution < 1.29 is 44.8 Å². The lowest BCUT2D eigenvalue weighted by atomic mass is 10.2. The van der Waals surface area contributed by atoms with Gasteiger partial charge < -0.3 is 13.7 Å². The minimum Gasteiger partial charge on any atom is -0.462 e. The minimum absolute atomic E-state index is 0.0446. The molecule has 0 atom stereocenters. The molecule has 2 aromatic rings. The Morgan fingerprint density at radius 2 is 1.76 bits per heavy atom. The summed E-state index contributed by atoms with van der Waals surface area (Å²) < 4.78 is 75.3. The molecule has 160 valence electrons. The van der Waals surface area contributed by atoms with Crippen LogP contribution in [0, 0.1) is 0 Å². The molecule has 29 heavy (non-hydrogen) atoms. The lowest BCUT2D eigenvalue weighted by Gasteiger charge is -2.19. The van der Waals surface area contributed by atoms with E-state index >= 15 is 0 Å². The Morgan fingerprint density at radius 3 is 2.28 bits per heavy atom. The van der Waals surface area contributed by atoms with Crippen molar-refractivity contribution in [1.82, 2.24) is 4.57 Å². The number of rotatable bonds is 4. The highest BCUT2D eigenvalue weighted by atomic mass is 32.2. The molecule has 1 heterocycles. The summed E-state index contributed by atoms with van der Waals surface area (Å²) in [4.78, 5) is 24.6. The third-order valence-electron chi connectivity index (χ3n) is 3.35. The van der Waals surface area contributed by atoms with Gasteiger partial charge in [-0.2, -0.15) is 21.6 Å². The molecule has 1 aromatic carbocycles. The number of benzene rings is 1. The number of nitrogens with zero attached hydrogens (tertiary/aromatic N) is 1. The molecular weight excluding hydrogens is 419 g/mol. The van der Waals surface area contributed by atoms with Crippen molar-refractivity contribution in [3.63, 3.8) is 0 Å². The number of halogens is 3. The fourth-order valence-electron chi connectivity index (χ4n) is 2.27. The molecule has 0 saturated carbocycles. The van der Waals surface area contributed by atoms with Crippen LogP contribution in [-0.4, -0.2) is 42.8 Å². The zero-order valence-corrected chi connectivity index (χ0v) is 16.7. The SMILES string of the molecule is CCOC(=O)c1cn(C(=O)OC(C)(C)C)c2cc(OS(=O)(=O)C(F)(F)F)ccc12. The Balaban J connectivity index is 2.61. The predicted molar refractivity (Wildman–Crippen MR) is 95.1 cm³/mol.